The topological polar surface area (TPSA) is 108 Å². The van der Waals surface area contributed by atoms with E-state index in [1.54, 1.807) is 18.2 Å². The van der Waals surface area contributed by atoms with Crippen LogP contribution in [0.5, 0.6) is 0 Å². The molecule has 5 amide bonds. The zero-order valence-electron chi connectivity index (χ0n) is 22.1. The molecule has 9 nitrogen and oxygen atoms in total. The van der Waals surface area contributed by atoms with Crippen molar-refractivity contribution < 1.29 is 41.5 Å². The Kier molecular flexibility index (Phi) is 7.39. The SMILES string of the molecule is CC(N(Cc1ccc(F)cc1)C(=O)CN1C(=O)O[C@@]2(CCc3cc(NC(=O)NC4CCC4)ccc32)C1=O)C(F)(F)F. The van der Waals surface area contributed by atoms with Crippen LogP contribution < -0.4 is 10.6 Å². The van der Waals surface area contributed by atoms with Gasteiger partial charge in [-0.1, -0.05) is 18.2 Å². The molecule has 3 aliphatic rings. The predicted molar refractivity (Wildman–Crippen MR) is 137 cm³/mol. The lowest BCUT2D eigenvalue weighted by molar-refractivity contribution is -0.187. The number of carbonyl (C=O) groups is 4. The largest absolute Gasteiger partial charge is 0.427 e. The van der Waals surface area contributed by atoms with Gasteiger partial charge in [-0.25, -0.2) is 18.9 Å². The molecule has 0 aromatic heterocycles. The van der Waals surface area contributed by atoms with Gasteiger partial charge in [0.1, 0.15) is 18.4 Å². The van der Waals surface area contributed by atoms with Crippen LogP contribution in [0.1, 0.15) is 49.3 Å². The number of alkyl halides is 3. The molecule has 2 aromatic carbocycles. The Hall–Kier alpha value is -4.16. The smallest absolute Gasteiger partial charge is 0.418 e. The minimum absolute atomic E-state index is 0.0770. The highest BCUT2D eigenvalue weighted by molar-refractivity contribution is 6.06. The highest BCUT2D eigenvalue weighted by Crippen LogP contribution is 2.46. The van der Waals surface area contributed by atoms with Crippen molar-refractivity contribution >= 4 is 29.6 Å². The molecule has 13 heteroatoms. The molecule has 1 aliphatic heterocycles. The summed E-state index contributed by atoms with van der Waals surface area (Å²) >= 11 is 0. The molecule has 2 N–H and O–H groups in total. The Bertz CT molecular complexity index is 1380. The summed E-state index contributed by atoms with van der Waals surface area (Å²) in [6, 6.07) is 6.95. The van der Waals surface area contributed by atoms with Crippen molar-refractivity contribution in [1.82, 2.24) is 15.1 Å². The number of fused-ring (bicyclic) bond motifs is 2. The highest BCUT2D eigenvalue weighted by Gasteiger charge is 2.58. The van der Waals surface area contributed by atoms with Crippen LogP contribution in [0.4, 0.5) is 32.8 Å². The van der Waals surface area contributed by atoms with Gasteiger partial charge in [0.15, 0.2) is 0 Å². The predicted octanol–water partition coefficient (Wildman–Crippen LogP) is 4.60. The number of imide groups is 1. The second-order valence-corrected chi connectivity index (χ2v) is 10.6. The van der Waals surface area contributed by atoms with Gasteiger partial charge in [-0.05, 0) is 68.0 Å². The molecule has 0 bridgehead atoms. The Labute approximate surface area is 232 Å². The van der Waals surface area contributed by atoms with Crippen molar-refractivity contribution in [3.05, 3.63) is 65.0 Å². The Balaban J connectivity index is 1.32. The third kappa shape index (κ3) is 5.57. The monoisotopic (exact) mass is 576 g/mol. The lowest BCUT2D eigenvalue weighted by Gasteiger charge is -2.31. The van der Waals surface area contributed by atoms with E-state index in [1.165, 1.54) is 12.1 Å². The van der Waals surface area contributed by atoms with Gasteiger partial charge < -0.3 is 20.3 Å². The van der Waals surface area contributed by atoms with Crippen LogP contribution in [0, 0.1) is 5.82 Å². The quantitative estimate of drug-likeness (QED) is 0.469. The third-order valence-corrected chi connectivity index (χ3v) is 7.88. The highest BCUT2D eigenvalue weighted by atomic mass is 19.4. The number of hydrogen-bond acceptors (Lipinski definition) is 5. The second-order valence-electron chi connectivity index (χ2n) is 10.6. The van der Waals surface area contributed by atoms with Gasteiger partial charge in [-0.15, -0.1) is 0 Å². The third-order valence-electron chi connectivity index (χ3n) is 7.88. The summed E-state index contributed by atoms with van der Waals surface area (Å²) in [7, 11) is 0. The molecule has 1 heterocycles. The van der Waals surface area contributed by atoms with E-state index in [9.17, 15) is 36.7 Å². The van der Waals surface area contributed by atoms with Gasteiger partial charge in [-0.2, -0.15) is 13.2 Å². The van der Waals surface area contributed by atoms with Gasteiger partial charge >= 0.3 is 18.3 Å². The molecule has 1 spiro atoms. The van der Waals surface area contributed by atoms with E-state index in [4.69, 9.17) is 4.74 Å². The van der Waals surface area contributed by atoms with E-state index in [0.717, 1.165) is 38.3 Å². The fourth-order valence-electron chi connectivity index (χ4n) is 5.27. The fourth-order valence-corrected chi connectivity index (χ4v) is 5.27. The molecule has 1 unspecified atom stereocenters. The standard InChI is InChI=1S/C28H28F4N4O5/c1-16(28(30,31)32)35(14-17-5-7-19(29)8-6-17)23(37)15-36-24(38)27(41-26(36)40)12-11-18-13-21(9-10-22(18)27)34-25(39)33-20-3-2-4-20/h5-10,13,16,20H,2-4,11-12,14-15H2,1H3,(H2,33,34,39)/t16?,27-/m1/s1. The second kappa shape index (κ2) is 10.7. The lowest BCUT2D eigenvalue weighted by Crippen LogP contribution is -2.51. The van der Waals surface area contributed by atoms with Gasteiger partial charge in [0.05, 0.1) is 0 Å². The number of anilines is 1. The van der Waals surface area contributed by atoms with Crippen LogP contribution in [0.15, 0.2) is 42.5 Å². The number of aryl methyl sites for hydroxylation is 1. The van der Waals surface area contributed by atoms with E-state index in [0.29, 0.717) is 33.0 Å². The van der Waals surface area contributed by atoms with Crippen LogP contribution >= 0.6 is 0 Å². The van der Waals surface area contributed by atoms with Crippen LogP contribution in [0.3, 0.4) is 0 Å². The van der Waals surface area contributed by atoms with Gasteiger partial charge in [-0.3, -0.25) is 9.59 Å². The lowest BCUT2D eigenvalue weighted by atomic mass is 9.93. The Morgan fingerprint density at radius 1 is 1.15 bits per heavy atom. The maximum atomic E-state index is 13.6. The first kappa shape index (κ1) is 28.4. The molecule has 41 heavy (non-hydrogen) atoms. The molecule has 5 rings (SSSR count). The number of nitrogens with one attached hydrogen (secondary N) is 2. The van der Waals surface area contributed by atoms with E-state index in [2.05, 4.69) is 10.6 Å². The molecular formula is C28H28F4N4O5. The van der Waals surface area contributed by atoms with Crippen molar-refractivity contribution in [1.29, 1.82) is 0 Å². The summed E-state index contributed by atoms with van der Waals surface area (Å²) in [5.74, 6) is -2.57. The number of benzene rings is 2. The summed E-state index contributed by atoms with van der Waals surface area (Å²) in [5, 5.41) is 5.61. The molecule has 1 saturated carbocycles. The first-order chi connectivity index (χ1) is 19.4. The summed E-state index contributed by atoms with van der Waals surface area (Å²) in [6.45, 7) is -0.690. The van der Waals surface area contributed by atoms with Crippen molar-refractivity contribution in [2.75, 3.05) is 11.9 Å². The summed E-state index contributed by atoms with van der Waals surface area (Å²) in [6.07, 6.45) is -2.62. The van der Waals surface area contributed by atoms with Crippen molar-refractivity contribution in [3.63, 3.8) is 0 Å². The minimum Gasteiger partial charge on any atom is -0.427 e. The molecular weight excluding hydrogens is 548 g/mol. The fraction of sp³-hybridized carbons (Fsp3) is 0.429. The Morgan fingerprint density at radius 2 is 1.85 bits per heavy atom. The maximum absolute atomic E-state index is 13.6. The van der Waals surface area contributed by atoms with Crippen molar-refractivity contribution in [2.24, 2.45) is 0 Å². The molecule has 0 radical (unpaired) electrons. The van der Waals surface area contributed by atoms with Gasteiger partial charge in [0, 0.05) is 30.3 Å². The number of ether oxygens (including phenoxy) is 1. The van der Waals surface area contributed by atoms with E-state index < -0.39 is 54.6 Å². The first-order valence-corrected chi connectivity index (χ1v) is 13.2. The molecule has 2 fully saturated rings. The normalized spacial score (nSPS) is 20.9. The molecule has 218 valence electrons. The number of carbonyl (C=O) groups excluding carboxylic acids is 4. The van der Waals surface area contributed by atoms with E-state index in [1.807, 2.05) is 0 Å². The molecule has 1 saturated heterocycles. The Morgan fingerprint density at radius 3 is 2.49 bits per heavy atom. The number of amides is 5. The van der Waals surface area contributed by atoms with Crippen molar-refractivity contribution in [2.45, 2.75) is 69.4 Å². The zero-order valence-corrected chi connectivity index (χ0v) is 22.1. The number of halogens is 4. The average molecular weight is 577 g/mol. The van der Waals surface area contributed by atoms with Crippen LogP contribution in [-0.4, -0.2) is 58.5 Å². The number of urea groups is 1. The number of hydrogen-bond donors (Lipinski definition) is 2. The summed E-state index contributed by atoms with van der Waals surface area (Å²) in [5.41, 5.74) is 0.0562. The number of nitrogens with zero attached hydrogens (tertiary/aromatic N) is 2. The average Bonchev–Trinajstić information content (AvgIpc) is 3.36. The molecule has 2 aromatic rings. The van der Waals surface area contributed by atoms with E-state index in [-0.39, 0.29) is 24.1 Å². The summed E-state index contributed by atoms with van der Waals surface area (Å²) in [4.78, 5) is 52.7. The maximum Gasteiger partial charge on any atom is 0.418 e. The first-order valence-electron chi connectivity index (χ1n) is 13.2. The van der Waals surface area contributed by atoms with Gasteiger partial charge in [0.25, 0.3) is 5.91 Å². The molecule has 2 aliphatic carbocycles. The van der Waals surface area contributed by atoms with E-state index >= 15 is 0 Å². The van der Waals surface area contributed by atoms with Gasteiger partial charge in [0.2, 0.25) is 11.5 Å². The summed E-state index contributed by atoms with van der Waals surface area (Å²) < 4.78 is 59.7. The zero-order chi connectivity index (χ0) is 29.5. The van der Waals surface area contributed by atoms with Crippen LogP contribution in [0.2, 0.25) is 0 Å². The van der Waals surface area contributed by atoms with Crippen molar-refractivity contribution in [3.8, 4) is 0 Å². The molecule has 2 atom stereocenters. The number of rotatable bonds is 7. The van der Waals surface area contributed by atoms with Crippen LogP contribution in [-0.2, 0) is 32.9 Å². The van der Waals surface area contributed by atoms with Crippen LogP contribution in [0.25, 0.3) is 0 Å². The minimum atomic E-state index is -4.79.